The lowest BCUT2D eigenvalue weighted by Crippen LogP contribution is -2.48. The van der Waals surface area contributed by atoms with Gasteiger partial charge in [-0.15, -0.1) is 11.3 Å². The summed E-state index contributed by atoms with van der Waals surface area (Å²) in [5.41, 5.74) is 3.49. The van der Waals surface area contributed by atoms with E-state index in [1.807, 2.05) is 82.3 Å². The monoisotopic (exact) mass is 587 g/mol. The minimum absolute atomic E-state index is 0.126. The molecule has 4 aromatic rings. The lowest BCUT2D eigenvalue weighted by molar-refractivity contribution is -0.113. The fourth-order valence-corrected chi connectivity index (χ4v) is 6.20. The number of thiophene rings is 1. The highest BCUT2D eigenvalue weighted by molar-refractivity contribution is 7.19. The van der Waals surface area contributed by atoms with Gasteiger partial charge in [0.15, 0.2) is 0 Å². The van der Waals surface area contributed by atoms with Crippen molar-refractivity contribution in [3.63, 3.8) is 0 Å². The fourth-order valence-electron chi connectivity index (χ4n) is 5.24. The van der Waals surface area contributed by atoms with Crippen LogP contribution >= 0.6 is 11.3 Å². The lowest BCUT2D eigenvalue weighted by Gasteiger charge is -2.30. The summed E-state index contributed by atoms with van der Waals surface area (Å²) in [5.74, 6) is 1.51. The summed E-state index contributed by atoms with van der Waals surface area (Å²) in [6, 6.07) is 17.4. The third-order valence-corrected chi connectivity index (χ3v) is 8.15. The molecule has 0 saturated heterocycles. The number of benzene rings is 2. The van der Waals surface area contributed by atoms with Gasteiger partial charge in [0.2, 0.25) is 12.8 Å². The first-order chi connectivity index (χ1) is 20.5. The molecule has 42 heavy (non-hydrogen) atoms. The van der Waals surface area contributed by atoms with Crippen LogP contribution in [0, 0.1) is 13.8 Å². The number of aromatic nitrogens is 1. The molecule has 3 heterocycles. The van der Waals surface area contributed by atoms with Gasteiger partial charge in [-0.05, 0) is 68.7 Å². The van der Waals surface area contributed by atoms with E-state index in [1.165, 1.54) is 0 Å². The second-order valence-corrected chi connectivity index (χ2v) is 10.9. The number of pyridine rings is 1. The van der Waals surface area contributed by atoms with Crippen molar-refractivity contribution in [2.75, 3.05) is 10.2 Å². The first-order valence-electron chi connectivity index (χ1n) is 14.2. The number of nitrogens with one attached hydrogen (secondary N) is 3. The van der Waals surface area contributed by atoms with E-state index in [9.17, 15) is 14.4 Å². The quantitative estimate of drug-likeness (QED) is 0.198. The Balaban J connectivity index is 0.000000244. The molecule has 9 nitrogen and oxygen atoms in total. The van der Waals surface area contributed by atoms with Gasteiger partial charge < -0.3 is 20.7 Å². The van der Waals surface area contributed by atoms with E-state index in [0.717, 1.165) is 74.9 Å². The summed E-state index contributed by atoms with van der Waals surface area (Å²) in [4.78, 5) is 41.5. The van der Waals surface area contributed by atoms with Gasteiger partial charge in [-0.3, -0.25) is 14.5 Å². The molecule has 1 unspecified atom stereocenters. The molecule has 1 aliphatic carbocycles. The molecule has 2 aliphatic rings. The Morgan fingerprint density at radius 1 is 0.929 bits per heavy atom. The van der Waals surface area contributed by atoms with Crippen LogP contribution in [0.4, 0.5) is 21.9 Å². The molecule has 1 saturated carbocycles. The number of anilines is 3. The maximum absolute atomic E-state index is 12.9. The summed E-state index contributed by atoms with van der Waals surface area (Å²) in [6.07, 6.45) is 7.34. The molecular weight excluding hydrogens is 550 g/mol. The zero-order chi connectivity index (χ0) is 30.1. The third kappa shape index (κ3) is 6.71. The van der Waals surface area contributed by atoms with Gasteiger partial charge in [0.1, 0.15) is 16.3 Å². The number of carbonyl (C=O) groups is 3. The smallest absolute Gasteiger partial charge is 0.331 e. The van der Waals surface area contributed by atoms with Crippen LogP contribution in [0.3, 0.4) is 0 Å². The predicted octanol–water partition coefficient (Wildman–Crippen LogP) is 7.20. The number of para-hydroxylation sites is 1. The summed E-state index contributed by atoms with van der Waals surface area (Å²) in [7, 11) is 0. The van der Waals surface area contributed by atoms with E-state index in [4.69, 9.17) is 4.74 Å². The normalized spacial score (nSPS) is 17.0. The molecule has 2 atom stereocenters. The number of ether oxygens (including phenoxy) is 1. The Kier molecular flexibility index (Phi) is 10.5. The number of hydrogen-bond donors (Lipinski definition) is 3. The van der Waals surface area contributed by atoms with Gasteiger partial charge in [0.25, 0.3) is 0 Å². The van der Waals surface area contributed by atoms with Crippen molar-refractivity contribution in [3.8, 4) is 11.5 Å². The molecule has 3 N–H and O–H groups in total. The second-order valence-electron chi connectivity index (χ2n) is 9.74. The first kappa shape index (κ1) is 30.5. The van der Waals surface area contributed by atoms with Crippen LogP contribution in [0.1, 0.15) is 50.0 Å². The minimum Gasteiger partial charge on any atom is -0.457 e. The molecule has 1 fully saturated rings. The molecule has 6 rings (SSSR count). The number of urea groups is 1. The lowest BCUT2D eigenvalue weighted by atomic mass is 9.90. The van der Waals surface area contributed by atoms with Crippen molar-refractivity contribution in [1.29, 1.82) is 0 Å². The highest BCUT2D eigenvalue weighted by Gasteiger charge is 2.30. The van der Waals surface area contributed by atoms with E-state index >= 15 is 0 Å². The Morgan fingerprint density at radius 3 is 2.21 bits per heavy atom. The Labute approximate surface area is 250 Å². The largest absolute Gasteiger partial charge is 0.457 e. The molecule has 0 radical (unpaired) electrons. The van der Waals surface area contributed by atoms with Crippen LogP contribution in [0.2, 0.25) is 0 Å². The summed E-state index contributed by atoms with van der Waals surface area (Å²) < 4.78 is 5.92. The van der Waals surface area contributed by atoms with Gasteiger partial charge in [0.05, 0.1) is 22.4 Å². The average molecular weight is 588 g/mol. The van der Waals surface area contributed by atoms with Crippen LogP contribution in [0.5, 0.6) is 11.5 Å². The number of rotatable bonds is 7. The average Bonchev–Trinajstić information content (AvgIpc) is 3.33. The van der Waals surface area contributed by atoms with Crippen LogP contribution < -0.4 is 25.6 Å². The van der Waals surface area contributed by atoms with E-state index in [0.29, 0.717) is 12.8 Å². The first-order valence-corrected chi connectivity index (χ1v) is 15.0. The Bertz CT molecular complexity index is 1510. The highest BCUT2D eigenvalue weighted by Crippen LogP contribution is 2.46. The summed E-state index contributed by atoms with van der Waals surface area (Å²) in [6.45, 7) is 7.98. The van der Waals surface area contributed by atoms with E-state index in [1.54, 1.807) is 22.4 Å². The number of hydrogen-bond acceptors (Lipinski definition) is 6. The number of aryl methyl sites for hydroxylation is 2. The predicted molar refractivity (Wildman–Crippen MR) is 169 cm³/mol. The Hall–Kier alpha value is -4.44. The molecule has 220 valence electrons. The van der Waals surface area contributed by atoms with Gasteiger partial charge in [-0.2, -0.15) is 0 Å². The van der Waals surface area contributed by atoms with Gasteiger partial charge in [-0.25, -0.2) is 9.78 Å². The number of amides is 4. The van der Waals surface area contributed by atoms with Gasteiger partial charge in [0, 0.05) is 23.2 Å². The van der Waals surface area contributed by atoms with Crippen molar-refractivity contribution in [3.05, 3.63) is 71.2 Å². The van der Waals surface area contributed by atoms with E-state index in [2.05, 4.69) is 20.9 Å². The Morgan fingerprint density at radius 2 is 1.60 bits per heavy atom. The summed E-state index contributed by atoms with van der Waals surface area (Å²) in [5, 5.41) is 9.46. The van der Waals surface area contributed by atoms with Crippen LogP contribution in [0.15, 0.2) is 60.8 Å². The molecule has 4 amide bonds. The SMILES string of the molecule is CC.Cc1cc(Oc2ccccc2)ccc1N1C(=O)Nc2c(C)sc3nccc1c23.O=CNC1CCCC[C@@H]1NC=O. The van der Waals surface area contributed by atoms with E-state index in [-0.39, 0.29) is 18.1 Å². The highest BCUT2D eigenvalue weighted by atomic mass is 32.1. The molecule has 0 bridgehead atoms. The van der Waals surface area contributed by atoms with Crippen LogP contribution in [0.25, 0.3) is 10.2 Å². The third-order valence-electron chi connectivity index (χ3n) is 7.14. The molecular formula is C32H37N5O4S. The minimum atomic E-state index is -0.165. The molecule has 0 spiro atoms. The van der Waals surface area contributed by atoms with E-state index < -0.39 is 0 Å². The molecule has 10 heteroatoms. The van der Waals surface area contributed by atoms with Crippen molar-refractivity contribution in [2.24, 2.45) is 0 Å². The maximum Gasteiger partial charge on any atom is 0.331 e. The number of carbonyl (C=O) groups excluding carboxylic acids is 3. The van der Waals surface area contributed by atoms with Gasteiger partial charge >= 0.3 is 6.03 Å². The van der Waals surface area contributed by atoms with Gasteiger partial charge in [-0.1, -0.05) is 44.9 Å². The zero-order valence-corrected chi connectivity index (χ0v) is 25.2. The number of nitrogens with zero attached hydrogens (tertiary/aromatic N) is 2. The molecule has 2 aromatic carbocycles. The molecule has 1 aliphatic heterocycles. The van der Waals surface area contributed by atoms with Crippen molar-refractivity contribution in [1.82, 2.24) is 15.6 Å². The zero-order valence-electron chi connectivity index (χ0n) is 24.3. The summed E-state index contributed by atoms with van der Waals surface area (Å²) >= 11 is 1.59. The van der Waals surface area contributed by atoms with Crippen molar-refractivity contribution >= 4 is 57.5 Å². The standard InChI is InChI=1S/C22H17N3O2S.C8H14N2O2.C2H6/c1-13-12-16(27-15-6-4-3-5-7-15)8-9-17(13)25-18-10-11-23-21-19(18)20(14(2)28-21)24-22(25)26;11-5-9-7-3-1-2-4-8(7)10-6-12;1-2/h3-12H,1-2H3,(H,24,26);5-8H,1-4H2,(H,9,11)(H,10,12);1-2H3/t;7-,8?;/m.0./s1. The fraction of sp³-hybridized carbons (Fsp3) is 0.312. The van der Waals surface area contributed by atoms with Crippen LogP contribution in [-0.2, 0) is 9.59 Å². The topological polar surface area (TPSA) is 113 Å². The molecule has 2 aromatic heterocycles. The van der Waals surface area contributed by atoms with Crippen LogP contribution in [-0.4, -0.2) is 35.9 Å². The second kappa shape index (κ2) is 14.5. The van der Waals surface area contributed by atoms with Crippen molar-refractivity contribution < 1.29 is 19.1 Å². The van der Waals surface area contributed by atoms with Crippen molar-refractivity contribution in [2.45, 2.75) is 65.5 Å². The maximum atomic E-state index is 12.9.